The van der Waals surface area contributed by atoms with E-state index in [1.807, 2.05) is 24.3 Å². The largest absolute Gasteiger partial charge is 0.371 e. The van der Waals surface area contributed by atoms with Gasteiger partial charge in [-0.15, -0.1) is 0 Å². The second kappa shape index (κ2) is 5.09. The van der Waals surface area contributed by atoms with E-state index in [1.54, 1.807) is 18.2 Å². The summed E-state index contributed by atoms with van der Waals surface area (Å²) in [5, 5.41) is 0. The van der Waals surface area contributed by atoms with E-state index >= 15 is 0 Å². The average Bonchev–Trinajstić information content (AvgIpc) is 2.60. The standard InChI is InChI=1S/C19H17NO2/c21-18-13-7-2-3-8-14(13)19(22)17-15(18)9-6-10-16(17)20-11-4-1-5-12-20/h2-3,6-10H,1,4-5,11-12H2. The van der Waals surface area contributed by atoms with Crippen LogP contribution in [0.4, 0.5) is 5.69 Å². The van der Waals surface area contributed by atoms with Crippen molar-refractivity contribution in [3.05, 3.63) is 64.7 Å². The fourth-order valence-electron chi connectivity index (χ4n) is 3.53. The number of anilines is 1. The van der Waals surface area contributed by atoms with Crippen LogP contribution in [0.25, 0.3) is 0 Å². The molecule has 0 radical (unpaired) electrons. The van der Waals surface area contributed by atoms with Crippen molar-refractivity contribution in [2.75, 3.05) is 18.0 Å². The highest BCUT2D eigenvalue weighted by Crippen LogP contribution is 2.34. The first kappa shape index (κ1) is 13.3. The molecule has 0 aromatic heterocycles. The highest BCUT2D eigenvalue weighted by Gasteiger charge is 2.32. The van der Waals surface area contributed by atoms with Crippen molar-refractivity contribution >= 4 is 17.3 Å². The Hall–Kier alpha value is -2.42. The van der Waals surface area contributed by atoms with Crippen molar-refractivity contribution in [1.29, 1.82) is 0 Å². The van der Waals surface area contributed by atoms with Crippen LogP contribution in [0.2, 0.25) is 0 Å². The molecule has 2 aromatic carbocycles. The van der Waals surface area contributed by atoms with Gasteiger partial charge in [0.1, 0.15) is 0 Å². The molecule has 1 saturated heterocycles. The van der Waals surface area contributed by atoms with Crippen LogP contribution in [-0.4, -0.2) is 24.7 Å². The van der Waals surface area contributed by atoms with Gasteiger partial charge in [0.15, 0.2) is 11.6 Å². The van der Waals surface area contributed by atoms with Gasteiger partial charge in [0, 0.05) is 35.5 Å². The summed E-state index contributed by atoms with van der Waals surface area (Å²) in [5.74, 6) is -0.0598. The van der Waals surface area contributed by atoms with Crippen LogP contribution in [0, 0.1) is 0 Å². The van der Waals surface area contributed by atoms with Gasteiger partial charge in [-0.3, -0.25) is 9.59 Å². The molecule has 4 rings (SSSR count). The van der Waals surface area contributed by atoms with Crippen LogP contribution in [-0.2, 0) is 0 Å². The first-order valence-electron chi connectivity index (χ1n) is 7.84. The first-order valence-corrected chi connectivity index (χ1v) is 7.84. The van der Waals surface area contributed by atoms with Crippen molar-refractivity contribution in [3.8, 4) is 0 Å². The molecule has 1 fully saturated rings. The molecule has 22 heavy (non-hydrogen) atoms. The van der Waals surface area contributed by atoms with Crippen LogP contribution < -0.4 is 4.90 Å². The summed E-state index contributed by atoms with van der Waals surface area (Å²) in [6.45, 7) is 1.92. The van der Waals surface area contributed by atoms with E-state index in [4.69, 9.17) is 0 Å². The van der Waals surface area contributed by atoms with E-state index in [0.717, 1.165) is 31.6 Å². The number of carbonyl (C=O) groups is 2. The van der Waals surface area contributed by atoms with E-state index in [-0.39, 0.29) is 11.6 Å². The number of rotatable bonds is 1. The maximum absolute atomic E-state index is 12.9. The fraction of sp³-hybridized carbons (Fsp3) is 0.263. The van der Waals surface area contributed by atoms with Gasteiger partial charge in [-0.25, -0.2) is 0 Å². The Balaban J connectivity index is 1.89. The number of ketones is 2. The number of hydrogen-bond donors (Lipinski definition) is 0. The lowest BCUT2D eigenvalue weighted by Crippen LogP contribution is -2.32. The van der Waals surface area contributed by atoms with Crippen molar-refractivity contribution in [2.45, 2.75) is 19.3 Å². The minimum absolute atomic E-state index is 0.0219. The Bertz CT molecular complexity index is 773. The highest BCUT2D eigenvalue weighted by atomic mass is 16.1. The second-order valence-corrected chi connectivity index (χ2v) is 5.95. The van der Waals surface area contributed by atoms with E-state index < -0.39 is 0 Å². The Morgan fingerprint density at radius 3 is 2.05 bits per heavy atom. The minimum atomic E-state index is -0.0379. The summed E-state index contributed by atoms with van der Waals surface area (Å²) in [4.78, 5) is 27.9. The molecule has 0 spiro atoms. The van der Waals surface area contributed by atoms with E-state index in [1.165, 1.54) is 6.42 Å². The number of piperidine rings is 1. The predicted octanol–water partition coefficient (Wildman–Crippen LogP) is 3.45. The smallest absolute Gasteiger partial charge is 0.196 e. The summed E-state index contributed by atoms with van der Waals surface area (Å²) >= 11 is 0. The predicted molar refractivity (Wildman–Crippen MR) is 85.8 cm³/mol. The molecule has 110 valence electrons. The van der Waals surface area contributed by atoms with Crippen LogP contribution in [0.1, 0.15) is 51.1 Å². The molecule has 3 heteroatoms. The normalized spacial score (nSPS) is 17.2. The topological polar surface area (TPSA) is 37.4 Å². The van der Waals surface area contributed by atoms with Crippen LogP contribution in [0.3, 0.4) is 0 Å². The minimum Gasteiger partial charge on any atom is -0.371 e. The Labute approximate surface area is 129 Å². The van der Waals surface area contributed by atoms with Gasteiger partial charge in [0.25, 0.3) is 0 Å². The third-order valence-electron chi connectivity index (χ3n) is 4.63. The van der Waals surface area contributed by atoms with Gasteiger partial charge in [-0.1, -0.05) is 36.4 Å². The molecule has 3 nitrogen and oxygen atoms in total. The van der Waals surface area contributed by atoms with Gasteiger partial charge in [0.2, 0.25) is 0 Å². The Kier molecular flexibility index (Phi) is 3.07. The average molecular weight is 291 g/mol. The lowest BCUT2D eigenvalue weighted by atomic mass is 9.83. The molecule has 0 unspecified atom stereocenters. The maximum Gasteiger partial charge on any atom is 0.196 e. The van der Waals surface area contributed by atoms with Gasteiger partial charge in [-0.05, 0) is 25.3 Å². The molecule has 1 aliphatic carbocycles. The van der Waals surface area contributed by atoms with E-state index in [0.29, 0.717) is 22.3 Å². The van der Waals surface area contributed by atoms with E-state index in [9.17, 15) is 9.59 Å². The number of fused-ring (bicyclic) bond motifs is 2. The van der Waals surface area contributed by atoms with Crippen molar-refractivity contribution in [2.24, 2.45) is 0 Å². The molecular formula is C19H17NO2. The molecule has 0 bridgehead atoms. The Morgan fingerprint density at radius 1 is 0.682 bits per heavy atom. The lowest BCUT2D eigenvalue weighted by molar-refractivity contribution is 0.0979. The SMILES string of the molecule is O=C1c2ccccc2C(=O)c2c1cccc2N1CCCCC1. The monoisotopic (exact) mass is 291 g/mol. The van der Waals surface area contributed by atoms with Gasteiger partial charge < -0.3 is 4.90 Å². The lowest BCUT2D eigenvalue weighted by Gasteiger charge is -2.32. The maximum atomic E-state index is 12.9. The first-order chi connectivity index (χ1) is 10.8. The van der Waals surface area contributed by atoms with Crippen molar-refractivity contribution < 1.29 is 9.59 Å². The highest BCUT2D eigenvalue weighted by molar-refractivity contribution is 6.30. The summed E-state index contributed by atoms with van der Waals surface area (Å²) in [6.07, 6.45) is 3.52. The number of hydrogen-bond acceptors (Lipinski definition) is 3. The van der Waals surface area contributed by atoms with Gasteiger partial charge >= 0.3 is 0 Å². The van der Waals surface area contributed by atoms with Gasteiger partial charge in [0.05, 0.1) is 5.56 Å². The van der Waals surface area contributed by atoms with Gasteiger partial charge in [-0.2, -0.15) is 0 Å². The quantitative estimate of drug-likeness (QED) is 0.689. The van der Waals surface area contributed by atoms with Crippen LogP contribution >= 0.6 is 0 Å². The zero-order chi connectivity index (χ0) is 15.1. The molecule has 0 N–H and O–H groups in total. The molecule has 2 aliphatic rings. The zero-order valence-corrected chi connectivity index (χ0v) is 12.3. The van der Waals surface area contributed by atoms with Crippen molar-refractivity contribution in [3.63, 3.8) is 0 Å². The molecule has 0 saturated carbocycles. The number of nitrogens with zero attached hydrogens (tertiary/aromatic N) is 1. The fourth-order valence-corrected chi connectivity index (χ4v) is 3.53. The summed E-state index contributed by atoms with van der Waals surface area (Å²) in [6, 6.07) is 12.8. The molecular weight excluding hydrogens is 274 g/mol. The van der Waals surface area contributed by atoms with Crippen LogP contribution in [0.5, 0.6) is 0 Å². The van der Waals surface area contributed by atoms with E-state index in [2.05, 4.69) is 4.90 Å². The Morgan fingerprint density at radius 2 is 1.32 bits per heavy atom. The zero-order valence-electron chi connectivity index (χ0n) is 12.3. The third kappa shape index (κ3) is 1.89. The summed E-state index contributed by atoms with van der Waals surface area (Å²) < 4.78 is 0. The third-order valence-corrected chi connectivity index (χ3v) is 4.63. The van der Waals surface area contributed by atoms with Crippen molar-refractivity contribution in [1.82, 2.24) is 0 Å². The number of benzene rings is 2. The number of carbonyl (C=O) groups excluding carboxylic acids is 2. The molecule has 1 heterocycles. The molecule has 1 aliphatic heterocycles. The second-order valence-electron chi connectivity index (χ2n) is 5.95. The molecule has 0 amide bonds. The molecule has 2 aromatic rings. The van der Waals surface area contributed by atoms with Crippen LogP contribution in [0.15, 0.2) is 42.5 Å². The molecule has 0 atom stereocenters. The summed E-state index contributed by atoms with van der Waals surface area (Å²) in [5.41, 5.74) is 3.12. The summed E-state index contributed by atoms with van der Waals surface area (Å²) in [7, 11) is 0.